The number of phosphoric acid groups is 2. The number of phenols is 1. The molecular weight excluding hydrogens is 1120 g/mol. The summed E-state index contributed by atoms with van der Waals surface area (Å²) in [5.41, 5.74) is 3.67. The predicted molar refractivity (Wildman–Crippen MR) is 283 cm³/mol. The van der Waals surface area contributed by atoms with Crippen LogP contribution in [0.15, 0.2) is 103 Å². The number of unbranched alkanes of at least 4 members (excludes halogenated alkanes) is 3. The molecule has 4 aromatic rings. The van der Waals surface area contributed by atoms with Gasteiger partial charge in [-0.25, -0.2) is 14.4 Å². The number of amides is 2. The molecule has 2 unspecified atom stereocenters. The van der Waals surface area contributed by atoms with Crippen molar-refractivity contribution < 1.29 is 85.7 Å². The minimum Gasteiger partial charge on any atom is -0.756 e. The lowest BCUT2D eigenvalue weighted by atomic mass is 9.89. The summed E-state index contributed by atoms with van der Waals surface area (Å²) in [6.07, 6.45) is -1.09. The van der Waals surface area contributed by atoms with Crippen LogP contribution in [-0.2, 0) is 41.5 Å². The number of aromatic carboxylic acids is 1. The van der Waals surface area contributed by atoms with Crippen LogP contribution in [0.2, 0.25) is 0 Å². The van der Waals surface area contributed by atoms with Crippen LogP contribution < -0.4 is 48.5 Å². The molecule has 5 heterocycles. The topological polar surface area (TPSA) is 438 Å². The number of carbonyl (C=O) groups is 3. The lowest BCUT2D eigenvalue weighted by molar-refractivity contribution is -0.232. The van der Waals surface area contributed by atoms with Gasteiger partial charge in [0.25, 0.3) is 27.1 Å². The fourth-order valence-corrected chi connectivity index (χ4v) is 10.8. The van der Waals surface area contributed by atoms with E-state index in [1.54, 1.807) is 6.07 Å². The average Bonchev–Trinajstić information content (AvgIpc) is 2.28. The van der Waals surface area contributed by atoms with Gasteiger partial charge in [0.05, 0.1) is 49.8 Å². The quantitative estimate of drug-likeness (QED) is 0.0165. The molecule has 2 aromatic heterocycles. The molecular formula is C51H55N7O22P2-2. The molecule has 9 N–H and O–H groups in total. The zero-order valence-corrected chi connectivity index (χ0v) is 45.0. The normalized spacial score (nSPS) is 20.5. The number of anilines is 1. The Morgan fingerprint density at radius 3 is 2.29 bits per heavy atom. The Hall–Kier alpha value is -7.50. The summed E-state index contributed by atoms with van der Waals surface area (Å²) in [5.74, 6) is -2.28. The summed E-state index contributed by atoms with van der Waals surface area (Å²) in [5, 5.41) is 46.5. The molecule has 2 saturated heterocycles. The van der Waals surface area contributed by atoms with Crippen LogP contribution in [-0.4, -0.2) is 121 Å². The fourth-order valence-electron chi connectivity index (χ4n) is 9.04. The smallest absolute Gasteiger partial charge is 0.351 e. The lowest BCUT2D eigenvalue weighted by Gasteiger charge is -2.28. The molecule has 4 aliphatic rings. The molecule has 3 aliphatic heterocycles. The standard InChI is InChI=1S/C51H57N7O22P2/c52-42-14-17-57(50(68)55-42)44-23-36(62)41(79-44)27-76-81(70,71)74-18-5-19-75-82(72,73)80-39-24-45(78-40(39)26-59)58-25-29(48(65)56-51(58)69)7-13-43(63)53-15-3-1-2-4-16-54-47(64)28-6-10-32(49(66)67)35(20-28)46-33-11-8-30(60)21-37(33)77-38-22-31(61)9-12-34(38)46/h6-14,17,20-22,25,36,39-41,44-45,59-60,62H,1-5,15-16,18-19,23-24,26-27H2,(H,53,63)(H,54,64)(H,66,67)(H,70,71)(H,72,73)(H2,52,55,68)(H,56,65,69)/p-2/b13-7+/t36-,39-,40-,41-,44-,45-/m1/s1. The number of aromatic nitrogens is 4. The SMILES string of the molecule is Nc1ccn([C@H]2C[C@@H](O)[C@@H](COP(=O)([O-])OCCCOP(=O)([O-])O[C@@H]3C[C@H](n4cc(/C=C/C(=O)NCCCCCCNC(=O)c5ccc(C(=O)O)c(-c6c7ccc(=O)cc-7oc7cc(O)ccc67)c5)c(=O)[nH]c4=O)O[C@@H]3CO)O2)c(=O)n1. The highest BCUT2D eigenvalue weighted by molar-refractivity contribution is 7.46. The number of carbonyl (C=O) groups excluding carboxylic acids is 2. The van der Waals surface area contributed by atoms with E-state index >= 15 is 0 Å². The first kappa shape index (κ1) is 60.6. The van der Waals surface area contributed by atoms with E-state index < -0.39 is 114 Å². The molecule has 2 aromatic carbocycles. The number of fused-ring (bicyclic) bond motifs is 2. The maximum absolute atomic E-state index is 13.3. The zero-order valence-electron chi connectivity index (χ0n) is 43.2. The van der Waals surface area contributed by atoms with Crippen LogP contribution in [0.1, 0.15) is 83.7 Å². The van der Waals surface area contributed by atoms with Crippen molar-refractivity contribution in [1.82, 2.24) is 29.7 Å². The number of carboxylic acid groups (broad SMARTS) is 1. The third kappa shape index (κ3) is 15.3. The van der Waals surface area contributed by atoms with E-state index in [4.69, 9.17) is 37.7 Å². The Kier molecular flexibility index (Phi) is 19.7. The van der Waals surface area contributed by atoms with Crippen molar-refractivity contribution in [3.63, 3.8) is 0 Å². The van der Waals surface area contributed by atoms with E-state index in [9.17, 15) is 72.9 Å². The average molecular weight is 1180 g/mol. The van der Waals surface area contributed by atoms with E-state index in [-0.39, 0.29) is 82.9 Å². The fraction of sp³-hybridized carbons (Fsp3) is 0.373. The number of carboxylic acids is 1. The molecule has 0 saturated carbocycles. The molecule has 29 nitrogen and oxygen atoms in total. The number of aromatic hydroxyl groups is 1. The first-order valence-corrected chi connectivity index (χ1v) is 28.4. The molecule has 1 aliphatic carbocycles. The van der Waals surface area contributed by atoms with Crippen LogP contribution >= 0.6 is 15.6 Å². The van der Waals surface area contributed by atoms with Crippen molar-refractivity contribution in [2.24, 2.45) is 0 Å². The second-order valence-electron chi connectivity index (χ2n) is 18.8. The highest BCUT2D eigenvalue weighted by Gasteiger charge is 2.40. The molecule has 2 amide bonds. The second kappa shape index (κ2) is 26.6. The van der Waals surface area contributed by atoms with Gasteiger partial charge in [0.1, 0.15) is 47.6 Å². The molecule has 82 heavy (non-hydrogen) atoms. The maximum atomic E-state index is 13.3. The predicted octanol–water partition coefficient (Wildman–Crippen LogP) is 1.47. The van der Waals surface area contributed by atoms with Crippen molar-refractivity contribution in [3.05, 3.63) is 137 Å². The number of H-pyrrole nitrogens is 1. The number of hydrogen-bond donors (Lipinski definition) is 8. The zero-order chi connectivity index (χ0) is 58.9. The summed E-state index contributed by atoms with van der Waals surface area (Å²) in [6, 6.07) is 13.9. The first-order valence-electron chi connectivity index (χ1n) is 25.4. The molecule has 438 valence electrons. The van der Waals surface area contributed by atoms with E-state index in [2.05, 4.69) is 20.6 Å². The number of ether oxygens (including phenoxy) is 2. The Morgan fingerprint density at radius 2 is 1.56 bits per heavy atom. The molecule has 2 fully saturated rings. The number of aliphatic hydroxyl groups excluding tert-OH is 2. The second-order valence-corrected chi connectivity index (χ2v) is 21.6. The van der Waals surface area contributed by atoms with Crippen molar-refractivity contribution in [2.75, 3.05) is 45.3 Å². The number of aliphatic hydroxyl groups is 2. The van der Waals surface area contributed by atoms with Crippen LogP contribution in [0, 0.1) is 0 Å². The van der Waals surface area contributed by atoms with Gasteiger partial charge in [0.2, 0.25) is 5.91 Å². The number of rotatable bonds is 26. The number of nitrogen functional groups attached to an aromatic ring is 1. The summed E-state index contributed by atoms with van der Waals surface area (Å²) >= 11 is 0. The number of phenolic OH excluding ortho intramolecular Hbond substituents is 1. The van der Waals surface area contributed by atoms with Gasteiger partial charge in [0, 0.05) is 78.6 Å². The van der Waals surface area contributed by atoms with Crippen molar-refractivity contribution in [2.45, 2.75) is 81.8 Å². The maximum Gasteiger partial charge on any atom is 0.351 e. The highest BCUT2D eigenvalue weighted by atomic mass is 31.2. The number of nitrogens with zero attached hydrogens (tertiary/aromatic N) is 3. The van der Waals surface area contributed by atoms with Gasteiger partial charge in [0.15, 0.2) is 5.43 Å². The molecule has 8 atom stereocenters. The van der Waals surface area contributed by atoms with E-state index in [1.165, 1.54) is 60.8 Å². The Labute approximate surface area is 463 Å². The van der Waals surface area contributed by atoms with Crippen molar-refractivity contribution >= 4 is 56.3 Å². The van der Waals surface area contributed by atoms with E-state index in [0.29, 0.717) is 42.2 Å². The monoisotopic (exact) mass is 1180 g/mol. The molecule has 0 spiro atoms. The number of hydrogen-bond acceptors (Lipinski definition) is 23. The van der Waals surface area contributed by atoms with Crippen molar-refractivity contribution in [3.8, 4) is 28.2 Å². The van der Waals surface area contributed by atoms with Crippen LogP contribution in [0.4, 0.5) is 5.82 Å². The van der Waals surface area contributed by atoms with Gasteiger partial charge in [-0.05, 0) is 79.4 Å². The van der Waals surface area contributed by atoms with Crippen molar-refractivity contribution in [1.29, 1.82) is 0 Å². The number of phosphoric ester groups is 2. The Balaban J connectivity index is 0.744. The summed E-state index contributed by atoms with van der Waals surface area (Å²) in [4.78, 5) is 119. The lowest BCUT2D eigenvalue weighted by Crippen LogP contribution is -2.33. The molecule has 31 heteroatoms. The number of benzene rings is 3. The number of nitrogens with one attached hydrogen (secondary N) is 3. The third-order valence-electron chi connectivity index (χ3n) is 13.0. The molecule has 8 rings (SSSR count). The van der Waals surface area contributed by atoms with Crippen LogP contribution in [0.25, 0.3) is 39.5 Å². The minimum atomic E-state index is -5.17. The van der Waals surface area contributed by atoms with E-state index in [1.807, 2.05) is 0 Å². The van der Waals surface area contributed by atoms with Crippen LogP contribution in [0.3, 0.4) is 0 Å². The first-order chi connectivity index (χ1) is 39.1. The number of aromatic amines is 1. The van der Waals surface area contributed by atoms with Gasteiger partial charge < -0.3 is 78.6 Å². The van der Waals surface area contributed by atoms with Gasteiger partial charge in [-0.2, -0.15) is 4.98 Å². The number of nitrogens with two attached hydrogens (primary N) is 1. The Morgan fingerprint density at radius 1 is 0.841 bits per heavy atom. The van der Waals surface area contributed by atoms with Gasteiger partial charge >= 0.3 is 17.3 Å². The molecule has 0 radical (unpaired) electrons. The third-order valence-corrected chi connectivity index (χ3v) is 15.0. The highest BCUT2D eigenvalue weighted by Crippen LogP contribution is 2.46. The van der Waals surface area contributed by atoms with Gasteiger partial charge in [-0.15, -0.1) is 0 Å². The summed E-state index contributed by atoms with van der Waals surface area (Å²) < 4.78 is 63.7. The van der Waals surface area contributed by atoms with E-state index in [0.717, 1.165) is 27.5 Å². The Bertz CT molecular complexity index is 3680. The minimum absolute atomic E-state index is 0.0307. The summed E-state index contributed by atoms with van der Waals surface area (Å²) in [6.45, 7) is -2.16. The largest absolute Gasteiger partial charge is 0.756 e. The van der Waals surface area contributed by atoms with Gasteiger partial charge in [-0.1, -0.05) is 12.8 Å². The summed E-state index contributed by atoms with van der Waals surface area (Å²) in [7, 11) is -10.2. The van der Waals surface area contributed by atoms with Gasteiger partial charge in [-0.3, -0.25) is 42.4 Å². The van der Waals surface area contributed by atoms with Crippen LogP contribution in [0.5, 0.6) is 5.75 Å². The molecule has 0 bridgehead atoms.